The van der Waals surface area contributed by atoms with Crippen LogP contribution in [0.5, 0.6) is 0 Å². The summed E-state index contributed by atoms with van der Waals surface area (Å²) in [6.07, 6.45) is 13.2. The molecule has 0 amide bonds. The van der Waals surface area contributed by atoms with Gasteiger partial charge in [-0.05, 0) is 63.4 Å². The van der Waals surface area contributed by atoms with Gasteiger partial charge in [0.05, 0.1) is 5.69 Å². The Morgan fingerprint density at radius 1 is 1.04 bits per heavy atom. The van der Waals surface area contributed by atoms with Crippen LogP contribution in [-0.4, -0.2) is 42.7 Å². The smallest absolute Gasteiger partial charge is 0.153 e. The summed E-state index contributed by atoms with van der Waals surface area (Å²) in [6, 6.07) is 8.41. The monoisotopic (exact) mass is 388 g/mol. The summed E-state index contributed by atoms with van der Waals surface area (Å²) in [6.45, 7) is 7.21. The van der Waals surface area contributed by atoms with Gasteiger partial charge in [-0.15, -0.1) is 0 Å². The molecule has 0 radical (unpaired) electrons. The van der Waals surface area contributed by atoms with Crippen LogP contribution in [-0.2, 0) is 4.79 Å². The number of para-hydroxylation sites is 1. The average Bonchev–Trinajstić information content (AvgIpc) is 3.07. The van der Waals surface area contributed by atoms with Crippen LogP contribution in [0.3, 0.4) is 0 Å². The Bertz CT molecular complexity index is 571. The van der Waals surface area contributed by atoms with Crippen LogP contribution in [0.4, 0.5) is 5.69 Å². The van der Waals surface area contributed by atoms with Gasteiger partial charge in [-0.3, -0.25) is 0 Å². The maximum Gasteiger partial charge on any atom is 0.153 e. The lowest BCUT2D eigenvalue weighted by Crippen LogP contribution is -2.34. The Kier molecular flexibility index (Phi) is 8.53. The largest absolute Gasteiger partial charge is 0.352 e. The number of hydrogen-bond donors (Lipinski definition) is 0. The van der Waals surface area contributed by atoms with Crippen molar-refractivity contribution >= 4 is 23.7 Å². The van der Waals surface area contributed by atoms with Gasteiger partial charge in [-0.1, -0.05) is 62.9 Å². The van der Waals surface area contributed by atoms with Crippen LogP contribution in [0.1, 0.15) is 64.7 Å². The van der Waals surface area contributed by atoms with E-state index in [-0.39, 0.29) is 5.37 Å². The molecule has 0 saturated carbocycles. The summed E-state index contributed by atoms with van der Waals surface area (Å²) in [5.74, 6) is 0.994. The highest BCUT2D eigenvalue weighted by atomic mass is 32.2. The first-order chi connectivity index (χ1) is 13.3. The van der Waals surface area contributed by atoms with Crippen molar-refractivity contribution in [3.8, 4) is 0 Å². The quantitative estimate of drug-likeness (QED) is 0.364. The number of carbonyl (C=O) groups is 1. The van der Waals surface area contributed by atoms with Crippen molar-refractivity contribution in [1.29, 1.82) is 0 Å². The highest BCUT2D eigenvalue weighted by Crippen LogP contribution is 2.42. The molecule has 0 spiro atoms. The standard InChI is InChI=1S/C23H36N2OS/c1-2-3-10-20-13-17-24(18-14-20)15-8-4-5-9-16-25-21-11-6-7-12-22(21)27-23(25)19-26/h6-7,11-12,19-20,23H,2-5,8-10,13-18H2,1H3. The molecular weight excluding hydrogens is 352 g/mol. The van der Waals surface area contributed by atoms with Crippen LogP contribution in [0.15, 0.2) is 29.2 Å². The highest BCUT2D eigenvalue weighted by molar-refractivity contribution is 8.01. The molecule has 27 heavy (non-hydrogen) atoms. The normalized spacial score (nSPS) is 20.8. The zero-order valence-corrected chi connectivity index (χ0v) is 17.8. The Morgan fingerprint density at radius 2 is 1.78 bits per heavy atom. The predicted molar refractivity (Wildman–Crippen MR) is 117 cm³/mol. The van der Waals surface area contributed by atoms with E-state index in [1.807, 2.05) is 0 Å². The van der Waals surface area contributed by atoms with Crippen LogP contribution in [0.25, 0.3) is 0 Å². The summed E-state index contributed by atoms with van der Waals surface area (Å²) < 4.78 is 0. The molecule has 0 aromatic heterocycles. The lowest BCUT2D eigenvalue weighted by molar-refractivity contribution is -0.107. The lowest BCUT2D eigenvalue weighted by Gasteiger charge is -2.32. The van der Waals surface area contributed by atoms with E-state index in [1.165, 1.54) is 88.0 Å². The van der Waals surface area contributed by atoms with Gasteiger partial charge < -0.3 is 14.6 Å². The molecule has 0 N–H and O–H groups in total. The molecule has 3 nitrogen and oxygen atoms in total. The molecule has 3 rings (SSSR count). The van der Waals surface area contributed by atoms with Gasteiger partial charge in [0.25, 0.3) is 0 Å². The number of benzene rings is 1. The molecule has 1 atom stereocenters. The number of nitrogens with zero attached hydrogens (tertiary/aromatic N) is 2. The SMILES string of the molecule is CCCCC1CCN(CCCCCCN2c3ccccc3SC2C=O)CC1. The number of unbranched alkanes of at least 4 members (excludes halogenated alkanes) is 4. The fraction of sp³-hybridized carbons (Fsp3) is 0.696. The highest BCUT2D eigenvalue weighted by Gasteiger charge is 2.28. The number of hydrogen-bond acceptors (Lipinski definition) is 4. The van der Waals surface area contributed by atoms with Crippen LogP contribution in [0.2, 0.25) is 0 Å². The molecule has 150 valence electrons. The van der Waals surface area contributed by atoms with Crippen molar-refractivity contribution in [1.82, 2.24) is 4.90 Å². The Balaban J connectivity index is 1.27. The maximum absolute atomic E-state index is 11.4. The molecule has 1 saturated heterocycles. The molecule has 2 aliphatic heterocycles. The van der Waals surface area contributed by atoms with E-state index in [0.717, 1.165) is 18.7 Å². The maximum atomic E-state index is 11.4. The lowest BCUT2D eigenvalue weighted by atomic mass is 9.91. The number of fused-ring (bicyclic) bond motifs is 1. The fourth-order valence-electron chi connectivity index (χ4n) is 4.44. The van der Waals surface area contributed by atoms with Gasteiger partial charge in [0, 0.05) is 11.4 Å². The first kappa shape index (κ1) is 20.7. The second-order valence-electron chi connectivity index (χ2n) is 8.15. The third-order valence-electron chi connectivity index (χ3n) is 6.14. The van der Waals surface area contributed by atoms with Crippen molar-refractivity contribution in [2.75, 3.05) is 31.1 Å². The number of piperidine rings is 1. The van der Waals surface area contributed by atoms with Gasteiger partial charge in [0.2, 0.25) is 0 Å². The van der Waals surface area contributed by atoms with Crippen molar-refractivity contribution in [3.05, 3.63) is 24.3 Å². The summed E-state index contributed by atoms with van der Waals surface area (Å²) in [7, 11) is 0. The summed E-state index contributed by atoms with van der Waals surface area (Å²) in [5.41, 5.74) is 1.24. The molecule has 1 unspecified atom stereocenters. The summed E-state index contributed by atoms with van der Waals surface area (Å²) in [5, 5.41) is -0.0311. The van der Waals surface area contributed by atoms with E-state index in [9.17, 15) is 4.79 Å². The number of carbonyl (C=O) groups excluding carboxylic acids is 1. The number of likely N-dealkylation sites (tertiary alicyclic amines) is 1. The number of anilines is 1. The topological polar surface area (TPSA) is 23.6 Å². The second kappa shape index (κ2) is 11.1. The predicted octanol–water partition coefficient (Wildman–Crippen LogP) is 5.59. The Hall–Kier alpha value is -1.00. The van der Waals surface area contributed by atoms with Crippen molar-refractivity contribution in [2.45, 2.75) is 75.0 Å². The van der Waals surface area contributed by atoms with Crippen LogP contribution < -0.4 is 4.90 Å². The first-order valence-electron chi connectivity index (χ1n) is 11.0. The van der Waals surface area contributed by atoms with Gasteiger partial charge in [0.15, 0.2) is 6.29 Å². The van der Waals surface area contributed by atoms with Gasteiger partial charge in [0.1, 0.15) is 5.37 Å². The second-order valence-corrected chi connectivity index (χ2v) is 9.31. The fourth-order valence-corrected chi connectivity index (χ4v) is 5.56. The van der Waals surface area contributed by atoms with Crippen molar-refractivity contribution in [3.63, 3.8) is 0 Å². The molecule has 2 heterocycles. The van der Waals surface area contributed by atoms with E-state index in [4.69, 9.17) is 0 Å². The molecule has 1 aromatic carbocycles. The summed E-state index contributed by atoms with van der Waals surface area (Å²) in [4.78, 5) is 17.6. The summed E-state index contributed by atoms with van der Waals surface area (Å²) >= 11 is 1.69. The van der Waals surface area contributed by atoms with Crippen molar-refractivity contribution in [2.24, 2.45) is 5.92 Å². The molecule has 1 fully saturated rings. The van der Waals surface area contributed by atoms with E-state index < -0.39 is 0 Å². The van der Waals surface area contributed by atoms with Gasteiger partial charge in [-0.25, -0.2) is 0 Å². The molecule has 0 bridgehead atoms. The molecule has 1 aromatic rings. The molecule has 4 heteroatoms. The van der Waals surface area contributed by atoms with Gasteiger partial charge in [-0.2, -0.15) is 0 Å². The third kappa shape index (κ3) is 5.99. The van der Waals surface area contributed by atoms with E-state index in [2.05, 4.69) is 41.0 Å². The Labute approximate surface area is 169 Å². The average molecular weight is 389 g/mol. The van der Waals surface area contributed by atoms with Crippen LogP contribution >= 0.6 is 11.8 Å². The minimum absolute atomic E-state index is 0.0311. The minimum atomic E-state index is -0.0311. The molecular formula is C23H36N2OS. The number of thioether (sulfide) groups is 1. The van der Waals surface area contributed by atoms with E-state index in [1.54, 1.807) is 11.8 Å². The third-order valence-corrected chi connectivity index (χ3v) is 7.35. The minimum Gasteiger partial charge on any atom is -0.352 e. The van der Waals surface area contributed by atoms with E-state index >= 15 is 0 Å². The van der Waals surface area contributed by atoms with Crippen LogP contribution in [0, 0.1) is 5.92 Å². The van der Waals surface area contributed by atoms with Gasteiger partial charge >= 0.3 is 0 Å². The number of aldehydes is 1. The zero-order valence-electron chi connectivity index (χ0n) is 16.9. The van der Waals surface area contributed by atoms with Crippen molar-refractivity contribution < 1.29 is 4.79 Å². The Morgan fingerprint density at radius 3 is 2.52 bits per heavy atom. The first-order valence-corrected chi connectivity index (χ1v) is 11.9. The van der Waals surface area contributed by atoms with E-state index in [0.29, 0.717) is 0 Å². The molecule has 2 aliphatic rings. The molecule has 0 aliphatic carbocycles. The number of rotatable bonds is 11. The zero-order chi connectivity index (χ0) is 18.9.